The topological polar surface area (TPSA) is 38.2 Å². The maximum Gasteiger partial charge on any atom is 0.228 e. The number of nitrogens with zero attached hydrogens (tertiary/aromatic N) is 3. The zero-order valence-electron chi connectivity index (χ0n) is 12.2. The summed E-state index contributed by atoms with van der Waals surface area (Å²) in [4.78, 5) is 11.0. The molecule has 0 fully saturated rings. The molecule has 0 bridgehead atoms. The van der Waals surface area contributed by atoms with Crippen LogP contribution in [0.1, 0.15) is 38.3 Å². The molecule has 0 aliphatic carbocycles. The van der Waals surface area contributed by atoms with Gasteiger partial charge in [-0.15, -0.1) is 0 Å². The molecule has 1 aromatic heterocycles. The Labute approximate surface area is 124 Å². The molecule has 5 heteroatoms. The highest BCUT2D eigenvalue weighted by Gasteiger charge is 2.07. The van der Waals surface area contributed by atoms with Crippen molar-refractivity contribution in [3.8, 4) is 5.88 Å². The molecule has 1 aromatic rings. The van der Waals surface area contributed by atoms with Crippen LogP contribution in [0, 0.1) is 6.92 Å². The van der Waals surface area contributed by atoms with Gasteiger partial charge in [0.1, 0.15) is 0 Å². The average Bonchev–Trinajstić information content (AvgIpc) is 2.40. The first-order chi connectivity index (χ1) is 9.17. The Kier molecular flexibility index (Phi) is 7.79. The molecule has 0 aliphatic rings. The van der Waals surface area contributed by atoms with Crippen LogP contribution in [-0.4, -0.2) is 35.5 Å². The van der Waals surface area contributed by atoms with Crippen LogP contribution in [0.2, 0.25) is 0 Å². The Hall–Kier alpha value is -0.840. The predicted molar refractivity (Wildman–Crippen MR) is 83.5 cm³/mol. The lowest BCUT2D eigenvalue weighted by molar-refractivity contribution is 0.304. The number of rotatable bonds is 9. The normalized spacial score (nSPS) is 10.5. The van der Waals surface area contributed by atoms with Crippen LogP contribution in [0.4, 0.5) is 5.95 Å². The SMILES string of the molecule is CCCOc1cc(C)nc(N(C)CCCCCBr)n1. The molecule has 19 heavy (non-hydrogen) atoms. The van der Waals surface area contributed by atoms with E-state index in [2.05, 4.69) is 37.7 Å². The number of aromatic nitrogens is 2. The van der Waals surface area contributed by atoms with E-state index in [0.717, 1.165) is 36.4 Å². The highest BCUT2D eigenvalue weighted by atomic mass is 79.9. The first-order valence-corrected chi connectivity index (χ1v) is 8.05. The summed E-state index contributed by atoms with van der Waals surface area (Å²) in [6.45, 7) is 5.74. The molecule has 108 valence electrons. The molecule has 1 rings (SSSR count). The van der Waals surface area contributed by atoms with Gasteiger partial charge in [0.15, 0.2) is 0 Å². The smallest absolute Gasteiger partial charge is 0.228 e. The van der Waals surface area contributed by atoms with Crippen molar-refractivity contribution in [1.82, 2.24) is 9.97 Å². The lowest BCUT2D eigenvalue weighted by Gasteiger charge is -2.18. The fourth-order valence-corrected chi connectivity index (χ4v) is 2.09. The standard InChI is InChI=1S/C14H24BrN3O/c1-4-10-19-13-11-12(2)16-14(17-13)18(3)9-7-5-6-8-15/h11H,4-10H2,1-3H3. The number of aryl methyl sites for hydroxylation is 1. The number of hydrogen-bond donors (Lipinski definition) is 0. The zero-order valence-corrected chi connectivity index (χ0v) is 13.7. The summed E-state index contributed by atoms with van der Waals surface area (Å²) in [5.74, 6) is 1.43. The lowest BCUT2D eigenvalue weighted by atomic mass is 10.2. The van der Waals surface area contributed by atoms with Crippen molar-refractivity contribution in [2.75, 3.05) is 30.4 Å². The van der Waals surface area contributed by atoms with Crippen LogP contribution in [0.25, 0.3) is 0 Å². The molecule has 0 radical (unpaired) electrons. The number of alkyl halides is 1. The van der Waals surface area contributed by atoms with Crippen LogP contribution >= 0.6 is 15.9 Å². The largest absolute Gasteiger partial charge is 0.478 e. The van der Waals surface area contributed by atoms with Crippen molar-refractivity contribution < 1.29 is 4.74 Å². The van der Waals surface area contributed by atoms with Crippen molar-refractivity contribution in [3.63, 3.8) is 0 Å². The van der Waals surface area contributed by atoms with Crippen LogP contribution < -0.4 is 9.64 Å². The molecule has 0 spiro atoms. The third kappa shape index (κ3) is 6.23. The maximum atomic E-state index is 5.59. The van der Waals surface area contributed by atoms with Crippen LogP contribution in [0.5, 0.6) is 5.88 Å². The molecule has 0 N–H and O–H groups in total. The molecular formula is C14H24BrN3O. The summed E-state index contributed by atoms with van der Waals surface area (Å²) in [6, 6.07) is 1.89. The molecule has 0 saturated heterocycles. The molecule has 0 atom stereocenters. The second kappa shape index (κ2) is 9.13. The van der Waals surface area contributed by atoms with E-state index in [9.17, 15) is 0 Å². The summed E-state index contributed by atoms with van der Waals surface area (Å²) in [5, 5.41) is 1.08. The minimum atomic E-state index is 0.677. The molecule has 0 aliphatic heterocycles. The molecule has 0 saturated carbocycles. The van der Waals surface area contributed by atoms with Gasteiger partial charge in [0.2, 0.25) is 11.8 Å². The fourth-order valence-electron chi connectivity index (χ4n) is 1.70. The highest BCUT2D eigenvalue weighted by Crippen LogP contribution is 2.15. The Morgan fingerprint density at radius 1 is 1.26 bits per heavy atom. The maximum absolute atomic E-state index is 5.59. The molecule has 0 aromatic carbocycles. The highest BCUT2D eigenvalue weighted by molar-refractivity contribution is 9.09. The third-order valence-corrected chi connectivity index (χ3v) is 3.30. The van der Waals surface area contributed by atoms with E-state index in [0.29, 0.717) is 12.5 Å². The number of unbranched alkanes of at least 4 members (excludes halogenated alkanes) is 2. The molecule has 1 heterocycles. The van der Waals surface area contributed by atoms with E-state index >= 15 is 0 Å². The van der Waals surface area contributed by atoms with Gasteiger partial charge in [-0.05, 0) is 26.2 Å². The fraction of sp³-hybridized carbons (Fsp3) is 0.714. The Bertz CT molecular complexity index is 374. The predicted octanol–water partition coefficient (Wildman–Crippen LogP) is 3.58. The van der Waals surface area contributed by atoms with Gasteiger partial charge in [-0.2, -0.15) is 4.98 Å². The van der Waals surface area contributed by atoms with Gasteiger partial charge in [-0.3, -0.25) is 0 Å². The summed E-state index contributed by atoms with van der Waals surface area (Å²) >= 11 is 3.45. The van der Waals surface area contributed by atoms with E-state index in [-0.39, 0.29) is 0 Å². The summed E-state index contributed by atoms with van der Waals surface area (Å²) in [7, 11) is 2.03. The van der Waals surface area contributed by atoms with E-state index < -0.39 is 0 Å². The number of halogens is 1. The first-order valence-electron chi connectivity index (χ1n) is 6.93. The van der Waals surface area contributed by atoms with Crippen molar-refractivity contribution in [1.29, 1.82) is 0 Å². The third-order valence-electron chi connectivity index (χ3n) is 2.74. The van der Waals surface area contributed by atoms with E-state index in [4.69, 9.17) is 4.74 Å². The van der Waals surface area contributed by atoms with Crippen molar-refractivity contribution in [3.05, 3.63) is 11.8 Å². The van der Waals surface area contributed by atoms with Crippen LogP contribution in [0.15, 0.2) is 6.07 Å². The van der Waals surface area contributed by atoms with Gasteiger partial charge >= 0.3 is 0 Å². The van der Waals surface area contributed by atoms with Gasteiger partial charge in [-0.1, -0.05) is 29.3 Å². The molecular weight excluding hydrogens is 306 g/mol. The minimum Gasteiger partial charge on any atom is -0.478 e. The van der Waals surface area contributed by atoms with Crippen molar-refractivity contribution >= 4 is 21.9 Å². The summed E-state index contributed by atoms with van der Waals surface area (Å²) in [6.07, 6.45) is 4.58. The van der Waals surface area contributed by atoms with E-state index in [1.807, 2.05) is 20.0 Å². The second-order valence-corrected chi connectivity index (χ2v) is 5.46. The molecule has 4 nitrogen and oxygen atoms in total. The summed E-state index contributed by atoms with van der Waals surface area (Å²) < 4.78 is 5.59. The van der Waals surface area contributed by atoms with E-state index in [1.54, 1.807) is 0 Å². The Morgan fingerprint density at radius 2 is 2.05 bits per heavy atom. The van der Waals surface area contributed by atoms with Crippen LogP contribution in [-0.2, 0) is 0 Å². The first kappa shape index (κ1) is 16.2. The monoisotopic (exact) mass is 329 g/mol. The average molecular weight is 330 g/mol. The van der Waals surface area contributed by atoms with Crippen LogP contribution in [0.3, 0.4) is 0 Å². The molecule has 0 unspecified atom stereocenters. The quantitative estimate of drug-likeness (QED) is 0.512. The second-order valence-electron chi connectivity index (χ2n) is 4.67. The zero-order chi connectivity index (χ0) is 14.1. The Morgan fingerprint density at radius 3 is 2.74 bits per heavy atom. The van der Waals surface area contributed by atoms with Gasteiger partial charge in [0.25, 0.3) is 0 Å². The summed E-state index contributed by atoms with van der Waals surface area (Å²) in [5.41, 5.74) is 0.948. The number of hydrogen-bond acceptors (Lipinski definition) is 4. The Balaban J connectivity index is 2.57. The van der Waals surface area contributed by atoms with Gasteiger partial charge in [0, 0.05) is 30.7 Å². The van der Waals surface area contributed by atoms with Gasteiger partial charge in [0.05, 0.1) is 6.61 Å². The van der Waals surface area contributed by atoms with Crippen molar-refractivity contribution in [2.24, 2.45) is 0 Å². The lowest BCUT2D eigenvalue weighted by Crippen LogP contribution is -2.21. The minimum absolute atomic E-state index is 0.677. The molecule has 0 amide bonds. The number of ether oxygens (including phenoxy) is 1. The van der Waals surface area contributed by atoms with E-state index in [1.165, 1.54) is 12.8 Å². The van der Waals surface area contributed by atoms with Gasteiger partial charge < -0.3 is 9.64 Å². The van der Waals surface area contributed by atoms with Crippen molar-refractivity contribution in [2.45, 2.75) is 39.5 Å². The number of anilines is 1. The van der Waals surface area contributed by atoms with Gasteiger partial charge in [-0.25, -0.2) is 4.98 Å².